The molecular formula is C22H31N5O4S. The summed E-state index contributed by atoms with van der Waals surface area (Å²) in [6, 6.07) is 7.20. The van der Waals surface area contributed by atoms with Gasteiger partial charge in [-0.05, 0) is 44.5 Å². The van der Waals surface area contributed by atoms with Crippen molar-refractivity contribution in [1.82, 2.24) is 15.3 Å². The molecule has 2 atom stereocenters. The fourth-order valence-electron chi connectivity index (χ4n) is 4.33. The fourth-order valence-corrected chi connectivity index (χ4v) is 6.31. The number of urea groups is 1. The molecule has 9 nitrogen and oxygen atoms in total. The van der Waals surface area contributed by atoms with Gasteiger partial charge in [0.15, 0.2) is 5.82 Å². The van der Waals surface area contributed by atoms with E-state index >= 15 is 0 Å². The first kappa shape index (κ1) is 22.8. The van der Waals surface area contributed by atoms with Crippen LogP contribution in [-0.4, -0.2) is 57.4 Å². The first-order chi connectivity index (χ1) is 15.3. The summed E-state index contributed by atoms with van der Waals surface area (Å²) in [5.74, 6) is 1.46. The van der Waals surface area contributed by atoms with Crippen LogP contribution >= 0.6 is 10.6 Å². The van der Waals surface area contributed by atoms with Gasteiger partial charge >= 0.3 is 6.03 Å². The number of nitrogens with one attached hydrogen (secondary N) is 2. The highest BCUT2D eigenvalue weighted by Crippen LogP contribution is 2.65. The Morgan fingerprint density at radius 1 is 1.25 bits per heavy atom. The molecule has 1 aromatic heterocycles. The van der Waals surface area contributed by atoms with E-state index in [9.17, 15) is 13.9 Å². The zero-order valence-corrected chi connectivity index (χ0v) is 19.5. The van der Waals surface area contributed by atoms with E-state index in [1.54, 1.807) is 12.1 Å². The number of anilines is 2. The van der Waals surface area contributed by atoms with E-state index in [1.165, 1.54) is 0 Å². The molecule has 32 heavy (non-hydrogen) atoms. The van der Waals surface area contributed by atoms with E-state index in [1.807, 2.05) is 26.0 Å². The summed E-state index contributed by atoms with van der Waals surface area (Å²) >= 11 is 0. The SMILES string of the molecule is CCNC(=O)Nc1ccc(-c2nc3c(c(N4CCOCC4C)n2)C(CC)S(O)(O)C3)cc1. The van der Waals surface area contributed by atoms with Crippen molar-refractivity contribution in [1.29, 1.82) is 0 Å². The van der Waals surface area contributed by atoms with Gasteiger partial charge in [-0.25, -0.2) is 14.8 Å². The van der Waals surface area contributed by atoms with Gasteiger partial charge in [0.2, 0.25) is 0 Å². The van der Waals surface area contributed by atoms with Crippen molar-refractivity contribution in [3.05, 3.63) is 35.5 Å². The van der Waals surface area contributed by atoms with Gasteiger partial charge in [0.05, 0.1) is 36.0 Å². The Labute approximate surface area is 189 Å². The summed E-state index contributed by atoms with van der Waals surface area (Å²) in [7, 11) is -2.81. The number of nitrogens with zero attached hydrogens (tertiary/aromatic N) is 3. The van der Waals surface area contributed by atoms with Gasteiger partial charge in [-0.2, -0.15) is 10.6 Å². The zero-order valence-electron chi connectivity index (χ0n) is 18.7. The standard InChI is InChI=1S/C22H31N5O4S/c1-4-18-19-17(13-32(18,29)30)25-20(26-21(19)27-10-11-31-12-14(27)3)15-6-8-16(9-7-15)24-22(28)23-5-2/h6-9,14,18,29-30H,4-5,10-13H2,1-3H3,(H2,23,24,28). The lowest BCUT2D eigenvalue weighted by atomic mass is 10.1. The van der Waals surface area contributed by atoms with Crippen molar-refractivity contribution in [2.75, 3.05) is 36.5 Å². The first-order valence-electron chi connectivity index (χ1n) is 11.0. The molecule has 0 saturated carbocycles. The summed E-state index contributed by atoms with van der Waals surface area (Å²) in [6.45, 7) is 8.35. The highest BCUT2D eigenvalue weighted by Gasteiger charge is 2.41. The first-order valence-corrected chi connectivity index (χ1v) is 12.8. The van der Waals surface area contributed by atoms with Gasteiger partial charge in [-0.1, -0.05) is 6.92 Å². The second kappa shape index (κ2) is 9.22. The molecular weight excluding hydrogens is 430 g/mol. The summed E-state index contributed by atoms with van der Waals surface area (Å²) < 4.78 is 27.1. The molecule has 2 aliphatic rings. The third-order valence-corrected chi connectivity index (χ3v) is 8.06. The lowest BCUT2D eigenvalue weighted by Gasteiger charge is -2.38. The van der Waals surface area contributed by atoms with Crippen molar-refractivity contribution in [3.63, 3.8) is 0 Å². The molecule has 0 radical (unpaired) electrons. The van der Waals surface area contributed by atoms with Crippen LogP contribution in [0.15, 0.2) is 24.3 Å². The Hall–Kier alpha value is -2.40. The number of ether oxygens (including phenoxy) is 1. The van der Waals surface area contributed by atoms with Crippen molar-refractivity contribution in [2.45, 2.75) is 44.2 Å². The highest BCUT2D eigenvalue weighted by molar-refractivity contribution is 8.24. The number of benzene rings is 1. The minimum Gasteiger partial charge on any atom is -0.377 e. The minimum atomic E-state index is -2.81. The molecule has 0 bridgehead atoms. The largest absolute Gasteiger partial charge is 0.377 e. The molecule has 4 N–H and O–H groups in total. The Morgan fingerprint density at radius 3 is 2.66 bits per heavy atom. The van der Waals surface area contributed by atoms with Gasteiger partial charge in [-0.15, -0.1) is 0 Å². The predicted molar refractivity (Wildman–Crippen MR) is 127 cm³/mol. The highest BCUT2D eigenvalue weighted by atomic mass is 32.3. The molecule has 1 fully saturated rings. The number of amides is 2. The normalized spacial score (nSPS) is 22.8. The lowest BCUT2D eigenvalue weighted by Crippen LogP contribution is -2.44. The molecule has 10 heteroatoms. The summed E-state index contributed by atoms with van der Waals surface area (Å²) in [5, 5.41) is 5.12. The number of hydrogen-bond donors (Lipinski definition) is 4. The van der Waals surface area contributed by atoms with E-state index in [0.29, 0.717) is 49.9 Å². The third-order valence-electron chi connectivity index (χ3n) is 5.88. The molecule has 2 unspecified atom stereocenters. The van der Waals surface area contributed by atoms with E-state index in [-0.39, 0.29) is 23.1 Å². The Morgan fingerprint density at radius 2 is 2.00 bits per heavy atom. The maximum Gasteiger partial charge on any atom is 0.319 e. The monoisotopic (exact) mass is 461 g/mol. The number of carbonyl (C=O) groups is 1. The van der Waals surface area contributed by atoms with Crippen LogP contribution in [0.5, 0.6) is 0 Å². The van der Waals surface area contributed by atoms with E-state index < -0.39 is 10.6 Å². The number of hydrogen-bond acceptors (Lipinski definition) is 7. The van der Waals surface area contributed by atoms with Crippen molar-refractivity contribution in [3.8, 4) is 11.4 Å². The molecule has 3 heterocycles. The van der Waals surface area contributed by atoms with Gasteiger partial charge in [0, 0.05) is 29.9 Å². The maximum atomic E-state index is 11.8. The van der Waals surface area contributed by atoms with Gasteiger partial charge in [0.1, 0.15) is 5.82 Å². The van der Waals surface area contributed by atoms with Crippen molar-refractivity contribution < 1.29 is 18.6 Å². The molecule has 0 spiro atoms. The molecule has 1 aromatic carbocycles. The number of fused-ring (bicyclic) bond motifs is 1. The van der Waals surface area contributed by atoms with E-state index in [2.05, 4.69) is 22.5 Å². The average Bonchev–Trinajstić information content (AvgIpc) is 3.03. The maximum absolute atomic E-state index is 11.8. The van der Waals surface area contributed by atoms with Crippen LogP contribution in [0.3, 0.4) is 0 Å². The fraction of sp³-hybridized carbons (Fsp3) is 0.500. The summed E-state index contributed by atoms with van der Waals surface area (Å²) in [5.41, 5.74) is 3.04. The predicted octanol–water partition coefficient (Wildman–Crippen LogP) is 4.23. The zero-order chi connectivity index (χ0) is 22.9. The quantitative estimate of drug-likeness (QED) is 0.526. The Bertz CT molecular complexity index is 985. The molecule has 0 aliphatic carbocycles. The van der Waals surface area contributed by atoms with Crippen LogP contribution in [-0.2, 0) is 10.5 Å². The third kappa shape index (κ3) is 4.40. The van der Waals surface area contributed by atoms with E-state index in [4.69, 9.17) is 14.7 Å². The molecule has 2 aromatic rings. The Kier molecular flexibility index (Phi) is 6.57. The van der Waals surface area contributed by atoms with Crippen LogP contribution in [0.1, 0.15) is 43.7 Å². The number of aromatic nitrogens is 2. The molecule has 174 valence electrons. The lowest BCUT2D eigenvalue weighted by molar-refractivity contribution is 0.0984. The van der Waals surface area contributed by atoms with Crippen LogP contribution in [0.2, 0.25) is 0 Å². The van der Waals surface area contributed by atoms with Gasteiger partial charge in [0.25, 0.3) is 0 Å². The van der Waals surface area contributed by atoms with Crippen LogP contribution in [0, 0.1) is 0 Å². The second-order valence-corrected chi connectivity index (χ2v) is 10.5. The summed E-state index contributed by atoms with van der Waals surface area (Å²) in [4.78, 5) is 23.6. The van der Waals surface area contributed by atoms with Crippen LogP contribution < -0.4 is 15.5 Å². The molecule has 1 saturated heterocycles. The summed E-state index contributed by atoms with van der Waals surface area (Å²) in [6.07, 6.45) is 0.615. The minimum absolute atomic E-state index is 0.124. The number of morpholine rings is 1. The second-order valence-electron chi connectivity index (χ2n) is 8.17. The topological polar surface area (TPSA) is 120 Å². The van der Waals surface area contributed by atoms with Crippen molar-refractivity contribution in [2.24, 2.45) is 0 Å². The number of rotatable bonds is 5. The average molecular weight is 462 g/mol. The molecule has 2 aliphatic heterocycles. The number of carbonyl (C=O) groups excluding carboxylic acids is 1. The molecule has 4 rings (SSSR count). The van der Waals surface area contributed by atoms with E-state index in [0.717, 1.165) is 16.9 Å². The smallest absolute Gasteiger partial charge is 0.319 e. The molecule has 2 amide bonds. The van der Waals surface area contributed by atoms with Crippen LogP contribution in [0.4, 0.5) is 16.3 Å². The van der Waals surface area contributed by atoms with Crippen LogP contribution in [0.25, 0.3) is 11.4 Å². The Balaban J connectivity index is 1.73. The van der Waals surface area contributed by atoms with Gasteiger partial charge in [-0.3, -0.25) is 9.11 Å². The van der Waals surface area contributed by atoms with Crippen molar-refractivity contribution >= 4 is 28.1 Å². The van der Waals surface area contributed by atoms with Gasteiger partial charge < -0.3 is 20.3 Å².